The normalized spacial score (nSPS) is 29.3. The second-order valence-electron chi connectivity index (χ2n) is 4.29. The van der Waals surface area contributed by atoms with Gasteiger partial charge in [0.15, 0.2) is 4.32 Å². The predicted molar refractivity (Wildman–Crippen MR) is 67.3 cm³/mol. The first kappa shape index (κ1) is 10.9. The summed E-state index contributed by atoms with van der Waals surface area (Å²) >= 11 is 6.75. The van der Waals surface area contributed by atoms with Crippen molar-refractivity contribution in [2.24, 2.45) is 5.10 Å². The minimum Gasteiger partial charge on any atom is -0.622 e. The number of fused-ring (bicyclic) bond motifs is 1. The Balaban J connectivity index is 2.52. The Labute approximate surface area is 98.6 Å². The molecule has 2 aliphatic rings. The smallest absolute Gasteiger partial charge is 0.273 e. The summed E-state index contributed by atoms with van der Waals surface area (Å²) < 4.78 is 1.48. The zero-order valence-corrected chi connectivity index (χ0v) is 10.8. The molecular formula is C9H13N3OS2. The molecule has 1 saturated heterocycles. The van der Waals surface area contributed by atoms with E-state index in [1.165, 1.54) is 11.8 Å². The fraction of sp³-hybridized carbons (Fsp3) is 0.667. The van der Waals surface area contributed by atoms with Gasteiger partial charge in [0, 0.05) is 6.92 Å². The van der Waals surface area contributed by atoms with E-state index in [0.717, 1.165) is 10.5 Å². The fourth-order valence-electron chi connectivity index (χ4n) is 1.77. The van der Waals surface area contributed by atoms with Gasteiger partial charge in [-0.2, -0.15) is 14.8 Å². The first-order valence-electron chi connectivity index (χ1n) is 4.72. The monoisotopic (exact) mass is 243 g/mol. The largest absolute Gasteiger partial charge is 0.622 e. The zero-order chi connectivity index (χ0) is 11.4. The van der Waals surface area contributed by atoms with Gasteiger partial charge in [-0.05, 0) is 20.8 Å². The van der Waals surface area contributed by atoms with Crippen molar-refractivity contribution in [1.82, 2.24) is 5.01 Å². The average molecular weight is 243 g/mol. The van der Waals surface area contributed by atoms with Crippen molar-refractivity contribution in [2.75, 3.05) is 0 Å². The first-order valence-corrected chi connectivity index (χ1v) is 5.95. The standard InChI is InChI=1S/C9H13N3OS2/c1-5-6(2)12(13)7-9(3,4)15-8(14)11(7)10-5/h7H,1-4H3/t7-/m1/s1. The first-order chi connectivity index (χ1) is 6.84. The van der Waals surface area contributed by atoms with Crippen molar-refractivity contribution in [3.05, 3.63) is 5.21 Å². The number of hydrogen-bond acceptors (Lipinski definition) is 4. The molecule has 82 valence electrons. The molecule has 2 aliphatic heterocycles. The molecule has 0 aromatic carbocycles. The van der Waals surface area contributed by atoms with E-state index in [2.05, 4.69) is 5.10 Å². The highest BCUT2D eigenvalue weighted by atomic mass is 32.2. The summed E-state index contributed by atoms with van der Waals surface area (Å²) in [5.74, 6) is 0. The Morgan fingerprint density at radius 1 is 1.53 bits per heavy atom. The summed E-state index contributed by atoms with van der Waals surface area (Å²) in [5, 5.41) is 18.1. The summed E-state index contributed by atoms with van der Waals surface area (Å²) in [4.78, 5) is 0. The summed E-state index contributed by atoms with van der Waals surface area (Å²) in [6.07, 6.45) is -0.307. The van der Waals surface area contributed by atoms with Gasteiger partial charge < -0.3 is 5.21 Å². The number of thiocarbonyl (C=S) groups is 1. The number of rotatable bonds is 0. The van der Waals surface area contributed by atoms with Crippen molar-refractivity contribution in [3.63, 3.8) is 0 Å². The third-order valence-corrected chi connectivity index (χ3v) is 4.26. The van der Waals surface area contributed by atoms with Crippen molar-refractivity contribution in [1.29, 1.82) is 0 Å². The second kappa shape index (κ2) is 3.18. The molecule has 0 radical (unpaired) electrons. The van der Waals surface area contributed by atoms with Gasteiger partial charge in [-0.15, -0.1) is 0 Å². The predicted octanol–water partition coefficient (Wildman–Crippen LogP) is 1.79. The molecule has 0 saturated carbocycles. The van der Waals surface area contributed by atoms with Gasteiger partial charge in [0.2, 0.25) is 5.71 Å². The lowest BCUT2D eigenvalue weighted by Gasteiger charge is -2.30. The maximum atomic E-state index is 12.1. The summed E-state index contributed by atoms with van der Waals surface area (Å²) in [5.41, 5.74) is 1.41. The van der Waals surface area contributed by atoms with Crippen LogP contribution in [0.15, 0.2) is 5.10 Å². The molecule has 6 heteroatoms. The van der Waals surface area contributed by atoms with Gasteiger partial charge in [0.05, 0.1) is 0 Å². The third kappa shape index (κ3) is 1.47. The van der Waals surface area contributed by atoms with Crippen LogP contribution in [0.1, 0.15) is 27.7 Å². The quantitative estimate of drug-likeness (QED) is 0.369. The van der Waals surface area contributed by atoms with Crippen molar-refractivity contribution < 1.29 is 4.74 Å². The van der Waals surface area contributed by atoms with Crippen LogP contribution in [0, 0.1) is 5.21 Å². The maximum absolute atomic E-state index is 12.1. The molecule has 1 atom stereocenters. The molecule has 0 aromatic heterocycles. The minimum atomic E-state index is -0.307. The molecular weight excluding hydrogens is 230 g/mol. The lowest BCUT2D eigenvalue weighted by atomic mass is 10.1. The number of thioether (sulfide) groups is 1. The van der Waals surface area contributed by atoms with E-state index >= 15 is 0 Å². The molecule has 0 spiro atoms. The highest BCUT2D eigenvalue weighted by Crippen LogP contribution is 2.42. The molecule has 0 unspecified atom stereocenters. The molecule has 4 nitrogen and oxygen atoms in total. The zero-order valence-electron chi connectivity index (χ0n) is 9.14. The van der Waals surface area contributed by atoms with E-state index < -0.39 is 0 Å². The SMILES string of the molecule is CC1=NN2C(=S)SC(C)(C)[C@H]2[N+]([O-])=C1C. The van der Waals surface area contributed by atoms with Gasteiger partial charge in [0.25, 0.3) is 6.17 Å². The van der Waals surface area contributed by atoms with E-state index in [0.29, 0.717) is 10.0 Å². The molecule has 2 heterocycles. The summed E-state index contributed by atoms with van der Waals surface area (Å²) in [6, 6.07) is 0. The highest BCUT2D eigenvalue weighted by Gasteiger charge is 2.53. The van der Waals surface area contributed by atoms with Crippen molar-refractivity contribution in [3.8, 4) is 0 Å². The summed E-state index contributed by atoms with van der Waals surface area (Å²) in [7, 11) is 0. The molecule has 15 heavy (non-hydrogen) atoms. The molecule has 1 fully saturated rings. The Morgan fingerprint density at radius 2 is 2.13 bits per heavy atom. The lowest BCUT2D eigenvalue weighted by molar-refractivity contribution is -0.529. The molecule has 0 amide bonds. The molecule has 0 N–H and O–H groups in total. The highest BCUT2D eigenvalue weighted by molar-refractivity contribution is 8.24. The Kier molecular flexibility index (Phi) is 2.31. The van der Waals surface area contributed by atoms with E-state index in [9.17, 15) is 5.21 Å². The van der Waals surface area contributed by atoms with Crippen LogP contribution in [0.3, 0.4) is 0 Å². The third-order valence-electron chi connectivity index (χ3n) is 2.72. The minimum absolute atomic E-state index is 0.218. The van der Waals surface area contributed by atoms with Crippen LogP contribution in [0.4, 0.5) is 0 Å². The number of hydrazone groups is 1. The van der Waals surface area contributed by atoms with Crippen molar-refractivity contribution >= 4 is 39.7 Å². The molecule has 2 rings (SSSR count). The Hall–Kier alpha value is -0.620. The van der Waals surface area contributed by atoms with Crippen LogP contribution in [-0.2, 0) is 0 Å². The number of hydrogen-bond donors (Lipinski definition) is 0. The average Bonchev–Trinajstić information content (AvgIpc) is 2.33. The summed E-state index contributed by atoms with van der Waals surface area (Å²) in [6.45, 7) is 7.66. The van der Waals surface area contributed by atoms with Crippen LogP contribution in [0.5, 0.6) is 0 Å². The lowest BCUT2D eigenvalue weighted by Crippen LogP contribution is -2.51. The van der Waals surface area contributed by atoms with Crippen LogP contribution < -0.4 is 0 Å². The van der Waals surface area contributed by atoms with Gasteiger partial charge >= 0.3 is 0 Å². The van der Waals surface area contributed by atoms with Gasteiger partial charge in [-0.1, -0.05) is 24.0 Å². The molecule has 0 aliphatic carbocycles. The topological polar surface area (TPSA) is 41.7 Å². The van der Waals surface area contributed by atoms with Crippen LogP contribution in [0.25, 0.3) is 0 Å². The molecule has 0 bridgehead atoms. The van der Waals surface area contributed by atoms with E-state index in [1.807, 2.05) is 20.8 Å². The number of hydroxylamine groups is 1. The number of nitrogens with zero attached hydrogens (tertiary/aromatic N) is 3. The second-order valence-corrected chi connectivity index (χ2v) is 6.57. The van der Waals surface area contributed by atoms with Gasteiger partial charge in [-0.3, -0.25) is 0 Å². The van der Waals surface area contributed by atoms with E-state index in [1.54, 1.807) is 11.9 Å². The van der Waals surface area contributed by atoms with Crippen LogP contribution >= 0.6 is 24.0 Å². The van der Waals surface area contributed by atoms with Crippen molar-refractivity contribution in [2.45, 2.75) is 38.6 Å². The van der Waals surface area contributed by atoms with E-state index in [-0.39, 0.29) is 10.9 Å². The maximum Gasteiger partial charge on any atom is 0.273 e. The molecule has 0 aromatic rings. The Bertz CT molecular complexity index is 400. The Morgan fingerprint density at radius 3 is 2.73 bits per heavy atom. The van der Waals surface area contributed by atoms with Gasteiger partial charge in [-0.25, -0.2) is 0 Å². The van der Waals surface area contributed by atoms with E-state index in [4.69, 9.17) is 12.2 Å². The van der Waals surface area contributed by atoms with Crippen LogP contribution in [-0.4, -0.2) is 36.4 Å². The fourth-order valence-corrected chi connectivity index (χ4v) is 3.54. The van der Waals surface area contributed by atoms with Crippen LogP contribution in [0.2, 0.25) is 0 Å². The van der Waals surface area contributed by atoms with Gasteiger partial charge in [0.1, 0.15) is 10.5 Å².